The molecule has 1 fully saturated rings. The van der Waals surface area contributed by atoms with Crippen molar-refractivity contribution in [3.63, 3.8) is 0 Å². The molecular weight excluding hydrogens is 308 g/mol. The molecule has 2 aliphatic rings. The summed E-state index contributed by atoms with van der Waals surface area (Å²) in [5.74, 6) is 1.05. The van der Waals surface area contributed by atoms with Crippen LogP contribution in [0.5, 0.6) is 11.5 Å². The molecule has 1 amide bonds. The average molecular weight is 334 g/mol. The molecule has 0 radical (unpaired) electrons. The highest BCUT2D eigenvalue weighted by Gasteiger charge is 2.29. The van der Waals surface area contributed by atoms with Crippen molar-refractivity contribution in [3.05, 3.63) is 24.3 Å². The van der Waals surface area contributed by atoms with E-state index in [2.05, 4.69) is 10.2 Å². The number of ether oxygens (including phenoxy) is 2. The van der Waals surface area contributed by atoms with E-state index in [0.717, 1.165) is 31.7 Å². The molecule has 6 heteroatoms. The second-order valence-electron chi connectivity index (χ2n) is 6.59. The number of nitrogens with zero attached hydrogens (tertiary/aromatic N) is 1. The fourth-order valence-electron chi connectivity index (χ4n) is 3.17. The number of para-hydroxylation sites is 2. The Hall–Kier alpha value is -1.79. The summed E-state index contributed by atoms with van der Waals surface area (Å²) < 4.78 is 11.6. The molecule has 3 atom stereocenters. The SMILES string of the molecule is C[C@H](NC(=O)[C@H](O)CN1CCCCC1)[C@H]1COc2ccccc2O1. The molecule has 0 bridgehead atoms. The first-order chi connectivity index (χ1) is 11.6. The van der Waals surface area contributed by atoms with Gasteiger partial charge < -0.3 is 24.8 Å². The minimum absolute atomic E-state index is 0.248. The van der Waals surface area contributed by atoms with Crippen molar-refractivity contribution < 1.29 is 19.4 Å². The summed E-state index contributed by atoms with van der Waals surface area (Å²) in [6.07, 6.45) is 2.22. The predicted octanol–water partition coefficient (Wildman–Crippen LogP) is 1.18. The molecule has 1 aromatic rings. The quantitative estimate of drug-likeness (QED) is 0.846. The van der Waals surface area contributed by atoms with Crippen molar-refractivity contribution in [1.29, 1.82) is 0 Å². The van der Waals surface area contributed by atoms with Gasteiger partial charge in [0.1, 0.15) is 12.7 Å². The van der Waals surface area contributed by atoms with E-state index in [-0.39, 0.29) is 18.1 Å². The molecule has 24 heavy (non-hydrogen) atoms. The Kier molecular flexibility index (Phi) is 5.58. The number of β-amino-alcohol motifs (C(OH)–C–C–N with tert-alkyl or cyclic N) is 1. The van der Waals surface area contributed by atoms with Crippen LogP contribution in [0, 0.1) is 0 Å². The maximum Gasteiger partial charge on any atom is 0.250 e. The smallest absolute Gasteiger partial charge is 0.250 e. The molecule has 1 aromatic carbocycles. The van der Waals surface area contributed by atoms with Crippen LogP contribution in [-0.4, -0.2) is 60.4 Å². The van der Waals surface area contributed by atoms with Crippen LogP contribution >= 0.6 is 0 Å². The Morgan fingerprint density at radius 1 is 1.29 bits per heavy atom. The predicted molar refractivity (Wildman–Crippen MR) is 90.3 cm³/mol. The third-order valence-electron chi connectivity index (χ3n) is 4.64. The number of piperidine rings is 1. The van der Waals surface area contributed by atoms with Crippen molar-refractivity contribution in [3.8, 4) is 11.5 Å². The van der Waals surface area contributed by atoms with Gasteiger partial charge in [-0.05, 0) is 45.0 Å². The summed E-state index contributed by atoms with van der Waals surface area (Å²) in [7, 11) is 0. The lowest BCUT2D eigenvalue weighted by molar-refractivity contribution is -0.132. The summed E-state index contributed by atoms with van der Waals surface area (Å²) in [5.41, 5.74) is 0. The Labute approximate surface area is 142 Å². The lowest BCUT2D eigenvalue weighted by Crippen LogP contribution is -2.52. The van der Waals surface area contributed by atoms with Gasteiger partial charge in [-0.3, -0.25) is 4.79 Å². The van der Waals surface area contributed by atoms with Gasteiger partial charge in [0.25, 0.3) is 5.91 Å². The van der Waals surface area contributed by atoms with Gasteiger partial charge in [0, 0.05) is 6.54 Å². The number of aliphatic hydroxyl groups is 1. The van der Waals surface area contributed by atoms with E-state index in [4.69, 9.17) is 9.47 Å². The van der Waals surface area contributed by atoms with Crippen molar-refractivity contribution in [2.24, 2.45) is 0 Å². The van der Waals surface area contributed by atoms with Crippen molar-refractivity contribution >= 4 is 5.91 Å². The molecule has 0 unspecified atom stereocenters. The first-order valence-corrected chi connectivity index (χ1v) is 8.73. The fraction of sp³-hybridized carbons (Fsp3) is 0.611. The number of fused-ring (bicyclic) bond motifs is 1. The van der Waals surface area contributed by atoms with Gasteiger partial charge in [0.15, 0.2) is 17.6 Å². The largest absolute Gasteiger partial charge is 0.486 e. The van der Waals surface area contributed by atoms with Crippen LogP contribution in [0.2, 0.25) is 0 Å². The highest BCUT2D eigenvalue weighted by Crippen LogP contribution is 2.31. The number of likely N-dealkylation sites (tertiary alicyclic amines) is 1. The second-order valence-corrected chi connectivity index (χ2v) is 6.59. The first-order valence-electron chi connectivity index (χ1n) is 8.73. The number of rotatable bonds is 5. The monoisotopic (exact) mass is 334 g/mol. The summed E-state index contributed by atoms with van der Waals surface area (Å²) in [6.45, 7) is 4.55. The Bertz CT molecular complexity index is 560. The number of hydrogen-bond acceptors (Lipinski definition) is 5. The molecule has 0 saturated carbocycles. The zero-order valence-corrected chi connectivity index (χ0v) is 14.1. The van der Waals surface area contributed by atoms with E-state index in [0.29, 0.717) is 18.9 Å². The fourth-order valence-corrected chi connectivity index (χ4v) is 3.17. The van der Waals surface area contributed by atoms with Gasteiger partial charge in [0.05, 0.1) is 6.04 Å². The normalized spacial score (nSPS) is 23.3. The molecule has 0 aromatic heterocycles. The maximum atomic E-state index is 12.2. The summed E-state index contributed by atoms with van der Waals surface area (Å²) in [5, 5.41) is 13.0. The van der Waals surface area contributed by atoms with E-state index in [1.54, 1.807) is 0 Å². The molecule has 6 nitrogen and oxygen atoms in total. The summed E-state index contributed by atoms with van der Waals surface area (Å²) in [6, 6.07) is 7.24. The highest BCUT2D eigenvalue weighted by molar-refractivity contribution is 5.81. The van der Waals surface area contributed by atoms with Gasteiger partial charge in [-0.1, -0.05) is 18.6 Å². The molecule has 2 heterocycles. The van der Waals surface area contributed by atoms with Crippen LogP contribution < -0.4 is 14.8 Å². The minimum Gasteiger partial charge on any atom is -0.486 e. The number of benzene rings is 1. The van der Waals surface area contributed by atoms with Crippen LogP contribution in [-0.2, 0) is 4.79 Å². The molecule has 2 N–H and O–H groups in total. The molecule has 0 aliphatic carbocycles. The van der Waals surface area contributed by atoms with Crippen LogP contribution in [0.15, 0.2) is 24.3 Å². The van der Waals surface area contributed by atoms with Crippen molar-refractivity contribution in [1.82, 2.24) is 10.2 Å². The number of amides is 1. The topological polar surface area (TPSA) is 71.0 Å². The number of nitrogens with one attached hydrogen (secondary N) is 1. The van der Waals surface area contributed by atoms with Gasteiger partial charge >= 0.3 is 0 Å². The van der Waals surface area contributed by atoms with Gasteiger partial charge in [0.2, 0.25) is 0 Å². The van der Waals surface area contributed by atoms with E-state index < -0.39 is 6.10 Å². The van der Waals surface area contributed by atoms with E-state index in [1.165, 1.54) is 6.42 Å². The second kappa shape index (κ2) is 7.85. The number of aliphatic hydroxyl groups excluding tert-OH is 1. The van der Waals surface area contributed by atoms with Crippen LogP contribution in [0.25, 0.3) is 0 Å². The number of hydrogen-bond donors (Lipinski definition) is 2. The Balaban J connectivity index is 1.49. The van der Waals surface area contributed by atoms with E-state index in [9.17, 15) is 9.90 Å². The third kappa shape index (κ3) is 4.19. The standard InChI is InChI=1S/C18H26N2O4/c1-13(17-12-23-15-7-3-4-8-16(15)24-17)19-18(22)14(21)11-20-9-5-2-6-10-20/h3-4,7-8,13-14,17,21H,2,5-6,9-12H2,1H3,(H,19,22)/t13-,14+,17+/m0/s1. The third-order valence-corrected chi connectivity index (χ3v) is 4.64. The molecule has 3 rings (SSSR count). The zero-order chi connectivity index (χ0) is 16.9. The highest BCUT2D eigenvalue weighted by atomic mass is 16.6. The minimum atomic E-state index is -1.01. The lowest BCUT2D eigenvalue weighted by atomic mass is 10.1. The first kappa shape index (κ1) is 17.0. The van der Waals surface area contributed by atoms with Crippen molar-refractivity contribution in [2.45, 2.75) is 44.4 Å². The zero-order valence-electron chi connectivity index (χ0n) is 14.1. The average Bonchev–Trinajstić information content (AvgIpc) is 2.62. The van der Waals surface area contributed by atoms with Gasteiger partial charge in [-0.25, -0.2) is 0 Å². The van der Waals surface area contributed by atoms with Crippen LogP contribution in [0.1, 0.15) is 26.2 Å². The Morgan fingerprint density at radius 3 is 2.75 bits per heavy atom. The number of carbonyl (C=O) groups excluding carboxylic acids is 1. The molecule has 2 aliphatic heterocycles. The van der Waals surface area contributed by atoms with Gasteiger partial charge in [-0.15, -0.1) is 0 Å². The summed E-state index contributed by atoms with van der Waals surface area (Å²) >= 11 is 0. The number of carbonyl (C=O) groups is 1. The summed E-state index contributed by atoms with van der Waals surface area (Å²) in [4.78, 5) is 14.4. The molecule has 132 valence electrons. The van der Waals surface area contributed by atoms with Crippen molar-refractivity contribution in [2.75, 3.05) is 26.2 Å². The molecular formula is C18H26N2O4. The van der Waals surface area contributed by atoms with Gasteiger partial charge in [-0.2, -0.15) is 0 Å². The van der Waals surface area contributed by atoms with Crippen LogP contribution in [0.3, 0.4) is 0 Å². The molecule has 1 saturated heterocycles. The van der Waals surface area contributed by atoms with E-state index in [1.807, 2.05) is 31.2 Å². The maximum absolute atomic E-state index is 12.2. The van der Waals surface area contributed by atoms with Crippen LogP contribution in [0.4, 0.5) is 0 Å². The lowest BCUT2D eigenvalue weighted by Gasteiger charge is -2.32. The molecule has 0 spiro atoms. The van der Waals surface area contributed by atoms with E-state index >= 15 is 0 Å². The Morgan fingerprint density at radius 2 is 2.00 bits per heavy atom.